The number of hydrogen-bond donors (Lipinski definition) is 3. The Morgan fingerprint density at radius 1 is 0.957 bits per heavy atom. The molecular weight excluding hydrogens is 604 g/mol. The van der Waals surface area contributed by atoms with Crippen LogP contribution in [-0.4, -0.2) is 55.5 Å². The first kappa shape index (κ1) is 33.3. The molecule has 3 N–H and O–H groups in total. The third kappa shape index (κ3) is 9.00. The van der Waals surface area contributed by atoms with E-state index in [9.17, 15) is 14.7 Å². The van der Waals surface area contributed by atoms with E-state index in [-0.39, 0.29) is 36.5 Å². The van der Waals surface area contributed by atoms with Crippen LogP contribution in [0, 0.1) is 5.92 Å². The standard InChI is InChI=1S/C34H40N6O5S/c1-23-30(22-46-34-37-38-39-40(34)29-12-5-3-6-13-29)44-33(45-32(23)26-17-15-25(21-41)16-18-26)27-10-9-11-28(20-27)36-31(43)14-7-4-8-19-35-24(2)42/h3,5-6,9-13,15-18,20,23,30,32-33,41H,4,7-8,14,19,21-22H2,1-2H3,(H,35,42)(H,36,43)/t23-,30+,32+,33+/m0/s1. The second-order valence-electron chi connectivity index (χ2n) is 11.3. The van der Waals surface area contributed by atoms with Crippen molar-refractivity contribution in [3.05, 3.63) is 95.6 Å². The summed E-state index contributed by atoms with van der Waals surface area (Å²) in [6.45, 7) is 4.20. The number of benzene rings is 3. The lowest BCUT2D eigenvalue weighted by Gasteiger charge is -2.41. The lowest BCUT2D eigenvalue weighted by Crippen LogP contribution is -2.38. The monoisotopic (exact) mass is 644 g/mol. The van der Waals surface area contributed by atoms with Gasteiger partial charge in [-0.2, -0.15) is 4.68 Å². The number of para-hydroxylation sites is 1. The summed E-state index contributed by atoms with van der Waals surface area (Å²) in [6.07, 6.45) is 1.64. The Bertz CT molecular complexity index is 1570. The van der Waals surface area contributed by atoms with Crippen LogP contribution in [0.4, 0.5) is 5.69 Å². The Kier molecular flexibility index (Phi) is 11.9. The number of nitrogens with one attached hydrogen (secondary N) is 2. The molecule has 2 heterocycles. The summed E-state index contributed by atoms with van der Waals surface area (Å²) in [7, 11) is 0. The van der Waals surface area contributed by atoms with E-state index in [4.69, 9.17) is 9.47 Å². The van der Waals surface area contributed by atoms with E-state index in [2.05, 4.69) is 33.1 Å². The Labute approximate surface area is 273 Å². The summed E-state index contributed by atoms with van der Waals surface area (Å²) >= 11 is 1.52. The molecule has 4 atom stereocenters. The van der Waals surface area contributed by atoms with Gasteiger partial charge >= 0.3 is 0 Å². The second kappa shape index (κ2) is 16.5. The lowest BCUT2D eigenvalue weighted by atomic mass is 9.91. The van der Waals surface area contributed by atoms with Crippen molar-refractivity contribution < 1.29 is 24.2 Å². The predicted molar refractivity (Wildman–Crippen MR) is 175 cm³/mol. The third-order valence-corrected chi connectivity index (χ3v) is 8.85. The van der Waals surface area contributed by atoms with Crippen molar-refractivity contribution >= 4 is 29.3 Å². The number of unbranched alkanes of at least 4 members (excludes halogenated alkanes) is 2. The molecule has 1 aliphatic rings. The molecule has 11 nitrogen and oxygen atoms in total. The van der Waals surface area contributed by atoms with Gasteiger partial charge in [-0.1, -0.05) is 79.7 Å². The molecule has 1 fully saturated rings. The van der Waals surface area contributed by atoms with Crippen LogP contribution in [0.15, 0.2) is 84.0 Å². The average molecular weight is 645 g/mol. The summed E-state index contributed by atoms with van der Waals surface area (Å²) in [5.41, 5.74) is 4.16. The molecule has 0 saturated carbocycles. The van der Waals surface area contributed by atoms with Gasteiger partial charge < -0.3 is 25.2 Å². The molecule has 1 saturated heterocycles. The minimum absolute atomic E-state index is 0.0154. The largest absolute Gasteiger partial charge is 0.392 e. The van der Waals surface area contributed by atoms with Gasteiger partial charge in [0.05, 0.1) is 24.5 Å². The maximum absolute atomic E-state index is 12.7. The van der Waals surface area contributed by atoms with Gasteiger partial charge in [-0.25, -0.2) is 0 Å². The van der Waals surface area contributed by atoms with Gasteiger partial charge in [-0.15, -0.1) is 5.10 Å². The number of ether oxygens (including phenoxy) is 2. The smallest absolute Gasteiger partial charge is 0.224 e. The Hall–Kier alpha value is -4.10. The Morgan fingerprint density at radius 3 is 2.52 bits per heavy atom. The number of hydrogen-bond acceptors (Lipinski definition) is 9. The van der Waals surface area contributed by atoms with Crippen LogP contribution in [0.1, 0.15) is 68.6 Å². The highest BCUT2D eigenvalue weighted by molar-refractivity contribution is 7.99. The molecule has 0 bridgehead atoms. The highest BCUT2D eigenvalue weighted by atomic mass is 32.2. The van der Waals surface area contributed by atoms with Crippen molar-refractivity contribution in [3.8, 4) is 5.69 Å². The summed E-state index contributed by atoms with van der Waals surface area (Å²) in [4.78, 5) is 23.7. The van der Waals surface area contributed by atoms with Gasteiger partial charge in [-0.05, 0) is 58.7 Å². The molecule has 0 radical (unpaired) electrons. The first-order valence-corrected chi connectivity index (χ1v) is 16.5. The van der Waals surface area contributed by atoms with Gasteiger partial charge in [0, 0.05) is 42.8 Å². The number of nitrogens with zero attached hydrogens (tertiary/aromatic N) is 4. The normalized spacial score (nSPS) is 19.5. The number of tetrazole rings is 1. The average Bonchev–Trinajstić information content (AvgIpc) is 3.55. The van der Waals surface area contributed by atoms with E-state index >= 15 is 0 Å². The molecule has 4 aromatic rings. The molecule has 2 amide bonds. The maximum Gasteiger partial charge on any atom is 0.224 e. The highest BCUT2D eigenvalue weighted by Crippen LogP contribution is 2.43. The maximum atomic E-state index is 12.7. The topological polar surface area (TPSA) is 140 Å². The SMILES string of the molecule is CC(=O)NCCCCCC(=O)Nc1cccc([C@@H]2O[C@H](CSc3nnnn3-c3ccccc3)[C@H](C)[C@H](c3ccc(CO)cc3)O2)c1. The number of anilines is 1. The van der Waals surface area contributed by atoms with Crippen LogP contribution in [0.5, 0.6) is 0 Å². The van der Waals surface area contributed by atoms with Crippen molar-refractivity contribution in [2.45, 2.75) is 69.8 Å². The summed E-state index contributed by atoms with van der Waals surface area (Å²) in [5.74, 6) is 0.456. The number of carbonyl (C=O) groups is 2. The molecule has 0 spiro atoms. The van der Waals surface area contributed by atoms with Gasteiger partial charge in [0.25, 0.3) is 0 Å². The van der Waals surface area contributed by atoms with E-state index in [0.29, 0.717) is 29.6 Å². The molecule has 12 heteroatoms. The van der Waals surface area contributed by atoms with E-state index in [0.717, 1.165) is 41.6 Å². The highest BCUT2D eigenvalue weighted by Gasteiger charge is 2.38. The Balaban J connectivity index is 1.28. The molecule has 0 aliphatic carbocycles. The van der Waals surface area contributed by atoms with Crippen LogP contribution in [-0.2, 0) is 25.7 Å². The fourth-order valence-corrected chi connectivity index (χ4v) is 6.36. The van der Waals surface area contributed by atoms with Crippen LogP contribution in [0.3, 0.4) is 0 Å². The fraction of sp³-hybridized carbons (Fsp3) is 0.382. The van der Waals surface area contributed by atoms with Crippen LogP contribution in [0.2, 0.25) is 0 Å². The van der Waals surface area contributed by atoms with Crippen molar-refractivity contribution in [1.29, 1.82) is 0 Å². The van der Waals surface area contributed by atoms with Gasteiger partial charge in [0.15, 0.2) is 6.29 Å². The quantitative estimate of drug-likeness (QED) is 0.122. The van der Waals surface area contributed by atoms with Crippen molar-refractivity contribution in [3.63, 3.8) is 0 Å². The van der Waals surface area contributed by atoms with Crippen molar-refractivity contribution in [1.82, 2.24) is 25.5 Å². The first-order valence-electron chi connectivity index (χ1n) is 15.5. The summed E-state index contributed by atoms with van der Waals surface area (Å²) in [6, 6.07) is 25.1. The van der Waals surface area contributed by atoms with Crippen LogP contribution in [0.25, 0.3) is 5.69 Å². The van der Waals surface area contributed by atoms with Crippen molar-refractivity contribution in [2.75, 3.05) is 17.6 Å². The van der Waals surface area contributed by atoms with Crippen LogP contribution < -0.4 is 10.6 Å². The molecule has 1 aromatic heterocycles. The number of aliphatic hydroxyl groups is 1. The molecule has 5 rings (SSSR count). The number of thioether (sulfide) groups is 1. The van der Waals surface area contributed by atoms with E-state index in [1.165, 1.54) is 18.7 Å². The number of aliphatic hydroxyl groups excluding tert-OH is 1. The zero-order valence-electron chi connectivity index (χ0n) is 26.0. The minimum atomic E-state index is -0.680. The van der Waals surface area contributed by atoms with Crippen molar-refractivity contribution in [2.24, 2.45) is 5.92 Å². The third-order valence-electron chi connectivity index (χ3n) is 7.84. The second-order valence-corrected chi connectivity index (χ2v) is 12.3. The van der Waals surface area contributed by atoms with Crippen LogP contribution >= 0.6 is 11.8 Å². The fourth-order valence-electron chi connectivity index (χ4n) is 5.30. The molecule has 3 aromatic carbocycles. The number of aromatic nitrogens is 4. The predicted octanol–water partition coefficient (Wildman–Crippen LogP) is 5.37. The van der Waals surface area contributed by atoms with Gasteiger partial charge in [0.2, 0.25) is 17.0 Å². The van der Waals surface area contributed by atoms with Gasteiger partial charge in [-0.3, -0.25) is 9.59 Å². The number of amides is 2. The molecule has 46 heavy (non-hydrogen) atoms. The molecular formula is C34H40N6O5S. The van der Waals surface area contributed by atoms with E-state index < -0.39 is 6.29 Å². The molecule has 0 unspecified atom stereocenters. The zero-order chi connectivity index (χ0) is 32.3. The lowest BCUT2D eigenvalue weighted by molar-refractivity contribution is -0.268. The number of carbonyl (C=O) groups excluding carboxylic acids is 2. The minimum Gasteiger partial charge on any atom is -0.392 e. The summed E-state index contributed by atoms with van der Waals surface area (Å²) in [5, 5.41) is 28.3. The molecule has 1 aliphatic heterocycles. The number of rotatable bonds is 14. The Morgan fingerprint density at radius 2 is 1.76 bits per heavy atom. The van der Waals surface area contributed by atoms with Gasteiger partial charge in [0.1, 0.15) is 0 Å². The van der Waals surface area contributed by atoms with E-state index in [1.807, 2.05) is 78.9 Å². The van der Waals surface area contributed by atoms with E-state index in [1.54, 1.807) is 4.68 Å². The first-order chi connectivity index (χ1) is 22.4. The summed E-state index contributed by atoms with van der Waals surface area (Å²) < 4.78 is 14.9. The molecule has 242 valence electrons. The zero-order valence-corrected chi connectivity index (χ0v) is 26.9.